The summed E-state index contributed by atoms with van der Waals surface area (Å²) in [4.78, 5) is 18.0. The van der Waals surface area contributed by atoms with Crippen LogP contribution in [0.15, 0.2) is 59.4 Å². The minimum Gasteiger partial charge on any atom is -0.297 e. The minimum atomic E-state index is 0.132. The summed E-state index contributed by atoms with van der Waals surface area (Å²) in [5.41, 5.74) is 5.53. The lowest BCUT2D eigenvalue weighted by molar-refractivity contribution is 0.600. The lowest BCUT2D eigenvalue weighted by Crippen LogP contribution is -2.29. The Balaban J connectivity index is 1.93. The molecule has 0 saturated heterocycles. The van der Waals surface area contributed by atoms with E-state index >= 15 is 0 Å². The SMILES string of the molecule is CCCCc1nc(C)n(CCC)c(=O)c1Cc1ccc(-c2ccccc2)cc1. The molecule has 3 heteroatoms. The van der Waals surface area contributed by atoms with Gasteiger partial charge in [-0.3, -0.25) is 9.36 Å². The monoisotopic (exact) mass is 374 g/mol. The normalized spacial score (nSPS) is 11.0. The molecule has 0 N–H and O–H groups in total. The third kappa shape index (κ3) is 4.59. The summed E-state index contributed by atoms with van der Waals surface area (Å²) in [5, 5.41) is 0. The Morgan fingerprint density at radius 2 is 1.57 bits per heavy atom. The fourth-order valence-corrected chi connectivity index (χ4v) is 3.62. The molecule has 2 aromatic carbocycles. The molecule has 0 bridgehead atoms. The molecule has 0 atom stereocenters. The summed E-state index contributed by atoms with van der Waals surface area (Å²) < 4.78 is 1.84. The Labute approximate surface area is 168 Å². The van der Waals surface area contributed by atoms with E-state index in [9.17, 15) is 4.79 Å². The number of hydrogen-bond donors (Lipinski definition) is 0. The van der Waals surface area contributed by atoms with E-state index in [1.165, 1.54) is 11.1 Å². The molecule has 3 rings (SSSR count). The van der Waals surface area contributed by atoms with E-state index in [2.05, 4.69) is 62.4 Å². The number of aryl methyl sites for hydroxylation is 2. The van der Waals surface area contributed by atoms with E-state index in [4.69, 9.17) is 4.98 Å². The maximum absolute atomic E-state index is 13.2. The molecule has 3 aromatic rings. The largest absolute Gasteiger partial charge is 0.297 e. The maximum atomic E-state index is 13.2. The fourth-order valence-electron chi connectivity index (χ4n) is 3.62. The number of benzene rings is 2. The third-order valence-electron chi connectivity index (χ3n) is 5.20. The molecular formula is C25H30N2O. The minimum absolute atomic E-state index is 0.132. The summed E-state index contributed by atoms with van der Waals surface area (Å²) in [6.45, 7) is 6.95. The van der Waals surface area contributed by atoms with E-state index < -0.39 is 0 Å². The van der Waals surface area contributed by atoms with E-state index in [0.29, 0.717) is 6.42 Å². The molecule has 0 fully saturated rings. The van der Waals surface area contributed by atoms with Gasteiger partial charge in [-0.05, 0) is 42.9 Å². The second kappa shape index (κ2) is 9.50. The van der Waals surface area contributed by atoms with Crippen molar-refractivity contribution in [3.05, 3.63) is 87.6 Å². The van der Waals surface area contributed by atoms with Crippen molar-refractivity contribution in [1.82, 2.24) is 9.55 Å². The van der Waals surface area contributed by atoms with Crippen molar-refractivity contribution in [1.29, 1.82) is 0 Å². The van der Waals surface area contributed by atoms with Crippen LogP contribution in [0.5, 0.6) is 0 Å². The topological polar surface area (TPSA) is 34.9 Å². The predicted molar refractivity (Wildman–Crippen MR) is 117 cm³/mol. The van der Waals surface area contributed by atoms with Gasteiger partial charge in [-0.25, -0.2) is 4.98 Å². The highest BCUT2D eigenvalue weighted by molar-refractivity contribution is 5.63. The molecule has 0 aliphatic rings. The average molecular weight is 375 g/mol. The van der Waals surface area contributed by atoms with Crippen molar-refractivity contribution >= 4 is 0 Å². The first-order valence-electron chi connectivity index (χ1n) is 10.4. The molecule has 0 unspecified atom stereocenters. The Kier molecular flexibility index (Phi) is 6.80. The van der Waals surface area contributed by atoms with Crippen molar-refractivity contribution < 1.29 is 0 Å². The summed E-state index contributed by atoms with van der Waals surface area (Å²) >= 11 is 0. The molecule has 0 radical (unpaired) electrons. The van der Waals surface area contributed by atoms with Crippen LogP contribution in [-0.4, -0.2) is 9.55 Å². The van der Waals surface area contributed by atoms with Crippen molar-refractivity contribution in [3.63, 3.8) is 0 Å². The Hall–Kier alpha value is -2.68. The van der Waals surface area contributed by atoms with Crippen LogP contribution in [0.3, 0.4) is 0 Å². The Morgan fingerprint density at radius 3 is 2.21 bits per heavy atom. The van der Waals surface area contributed by atoms with Crippen molar-refractivity contribution in [2.75, 3.05) is 0 Å². The van der Waals surface area contributed by atoms with Gasteiger partial charge in [0.1, 0.15) is 5.82 Å². The smallest absolute Gasteiger partial charge is 0.257 e. The first-order valence-corrected chi connectivity index (χ1v) is 10.4. The molecule has 28 heavy (non-hydrogen) atoms. The first-order chi connectivity index (χ1) is 13.6. The number of rotatable bonds is 8. The molecule has 0 saturated carbocycles. The average Bonchev–Trinajstić information content (AvgIpc) is 2.73. The fraction of sp³-hybridized carbons (Fsp3) is 0.360. The number of aromatic nitrogens is 2. The van der Waals surface area contributed by atoms with E-state index in [1.54, 1.807) is 0 Å². The standard InChI is InChI=1S/C25H30N2O/c1-4-6-12-24-23(25(28)27(17-5-2)19(3)26-24)18-20-13-15-22(16-14-20)21-10-8-7-9-11-21/h7-11,13-16H,4-6,12,17-18H2,1-3H3. The lowest BCUT2D eigenvalue weighted by Gasteiger charge is -2.15. The van der Waals surface area contributed by atoms with Gasteiger partial charge >= 0.3 is 0 Å². The Bertz CT molecular complexity index is 956. The van der Waals surface area contributed by atoms with Crippen LogP contribution in [-0.2, 0) is 19.4 Å². The molecule has 146 valence electrons. The highest BCUT2D eigenvalue weighted by Gasteiger charge is 2.15. The molecule has 1 heterocycles. The summed E-state index contributed by atoms with van der Waals surface area (Å²) in [7, 11) is 0. The summed E-state index contributed by atoms with van der Waals surface area (Å²) in [5.74, 6) is 0.834. The highest BCUT2D eigenvalue weighted by Crippen LogP contribution is 2.21. The van der Waals surface area contributed by atoms with Gasteiger partial charge in [0.05, 0.1) is 5.69 Å². The van der Waals surface area contributed by atoms with E-state index in [0.717, 1.165) is 54.9 Å². The van der Waals surface area contributed by atoms with Gasteiger partial charge in [-0.15, -0.1) is 0 Å². The highest BCUT2D eigenvalue weighted by atomic mass is 16.1. The van der Waals surface area contributed by atoms with Crippen molar-refractivity contribution in [2.24, 2.45) is 0 Å². The van der Waals surface area contributed by atoms with Gasteiger partial charge in [0.25, 0.3) is 5.56 Å². The Morgan fingerprint density at radius 1 is 0.893 bits per heavy atom. The quantitative estimate of drug-likeness (QED) is 0.517. The zero-order valence-corrected chi connectivity index (χ0v) is 17.2. The third-order valence-corrected chi connectivity index (χ3v) is 5.20. The van der Waals surface area contributed by atoms with Gasteiger partial charge < -0.3 is 0 Å². The van der Waals surface area contributed by atoms with Crippen molar-refractivity contribution in [3.8, 4) is 11.1 Å². The number of unbranched alkanes of at least 4 members (excludes halogenated alkanes) is 1. The lowest BCUT2D eigenvalue weighted by atomic mass is 9.98. The van der Waals surface area contributed by atoms with Gasteiger partial charge in [-0.2, -0.15) is 0 Å². The predicted octanol–water partition coefficient (Wildman–Crippen LogP) is 5.56. The van der Waals surface area contributed by atoms with Crippen molar-refractivity contribution in [2.45, 2.75) is 59.4 Å². The van der Waals surface area contributed by atoms with Crippen LogP contribution in [0, 0.1) is 6.92 Å². The van der Waals surface area contributed by atoms with Crippen LogP contribution in [0.1, 0.15) is 55.8 Å². The first kappa shape index (κ1) is 20.1. The van der Waals surface area contributed by atoms with Gasteiger partial charge in [0.2, 0.25) is 0 Å². The zero-order valence-electron chi connectivity index (χ0n) is 17.2. The molecule has 3 nitrogen and oxygen atoms in total. The molecule has 0 amide bonds. The molecular weight excluding hydrogens is 344 g/mol. The number of nitrogens with zero attached hydrogens (tertiary/aromatic N) is 2. The number of hydrogen-bond acceptors (Lipinski definition) is 2. The second-order valence-electron chi connectivity index (χ2n) is 7.38. The zero-order chi connectivity index (χ0) is 19.9. The van der Waals surface area contributed by atoms with E-state index in [1.807, 2.05) is 17.6 Å². The molecule has 0 aliphatic carbocycles. The second-order valence-corrected chi connectivity index (χ2v) is 7.38. The van der Waals surface area contributed by atoms with Crippen LogP contribution in [0.4, 0.5) is 0 Å². The van der Waals surface area contributed by atoms with Crippen LogP contribution < -0.4 is 5.56 Å². The van der Waals surface area contributed by atoms with Gasteiger partial charge in [-0.1, -0.05) is 74.9 Å². The molecule has 0 spiro atoms. The van der Waals surface area contributed by atoms with Crippen LogP contribution >= 0.6 is 0 Å². The molecule has 1 aromatic heterocycles. The van der Waals surface area contributed by atoms with Crippen LogP contribution in [0.25, 0.3) is 11.1 Å². The summed E-state index contributed by atoms with van der Waals surface area (Å²) in [6.07, 6.45) is 4.61. The van der Waals surface area contributed by atoms with E-state index in [-0.39, 0.29) is 5.56 Å². The van der Waals surface area contributed by atoms with Gasteiger partial charge in [0.15, 0.2) is 0 Å². The maximum Gasteiger partial charge on any atom is 0.257 e. The summed E-state index contributed by atoms with van der Waals surface area (Å²) in [6, 6.07) is 18.9. The van der Waals surface area contributed by atoms with Gasteiger partial charge in [0, 0.05) is 18.5 Å². The van der Waals surface area contributed by atoms with Crippen LogP contribution in [0.2, 0.25) is 0 Å². The molecule has 0 aliphatic heterocycles.